The molecular formula is C54H34N2S. The summed E-state index contributed by atoms with van der Waals surface area (Å²) in [4.78, 5) is 2.44. The Morgan fingerprint density at radius 1 is 0.351 bits per heavy atom. The topological polar surface area (TPSA) is 7.65 Å². The van der Waals surface area contributed by atoms with Crippen LogP contribution in [-0.2, 0) is 0 Å². The molecule has 0 aliphatic carbocycles. The second-order valence-corrected chi connectivity index (χ2v) is 16.0. The van der Waals surface area contributed by atoms with E-state index in [1.165, 1.54) is 91.6 Å². The monoisotopic (exact) mass is 742 g/mol. The second-order valence-electron chi connectivity index (χ2n) is 14.9. The first-order valence-corrected chi connectivity index (χ1v) is 20.3. The van der Waals surface area contributed by atoms with Crippen molar-refractivity contribution in [1.82, 2.24) is 4.40 Å². The fourth-order valence-corrected chi connectivity index (χ4v) is 10.3. The molecule has 0 aliphatic heterocycles. The Morgan fingerprint density at radius 3 is 1.70 bits per heavy atom. The van der Waals surface area contributed by atoms with Gasteiger partial charge in [0.1, 0.15) is 0 Å². The molecule has 0 saturated heterocycles. The number of rotatable bonds is 6. The van der Waals surface area contributed by atoms with Crippen LogP contribution in [0.25, 0.3) is 91.6 Å². The third kappa shape index (κ3) is 4.96. The Kier molecular flexibility index (Phi) is 7.13. The zero-order chi connectivity index (χ0) is 37.5. The minimum atomic E-state index is 1.11. The van der Waals surface area contributed by atoms with Crippen LogP contribution in [0.3, 0.4) is 0 Å². The standard InChI is InChI=1S/C54H34N2S/c1-3-12-35(13-4-1)37-24-29-40(30-25-37)55(48-21-11-22-49-53(48)46-19-9-18-44-43-16-7-8-20-47(43)56(49)54(44)46)41-31-26-38(27-32-41)42-17-10-23-50-52(42)45-33-28-39(34-51(45)57-50)36-14-5-2-6-15-36/h1-34H. The molecule has 0 aliphatic rings. The lowest BCUT2D eigenvalue weighted by atomic mass is 9.97. The number of benzene rings is 9. The number of anilines is 3. The number of para-hydroxylation sites is 2. The molecule has 0 atom stereocenters. The highest BCUT2D eigenvalue weighted by atomic mass is 32.1. The molecule has 0 bridgehead atoms. The van der Waals surface area contributed by atoms with Crippen LogP contribution in [-0.4, -0.2) is 4.40 Å². The van der Waals surface area contributed by atoms with E-state index in [2.05, 4.69) is 216 Å². The van der Waals surface area contributed by atoms with Gasteiger partial charge in [-0.1, -0.05) is 152 Å². The molecule has 0 fully saturated rings. The van der Waals surface area contributed by atoms with E-state index >= 15 is 0 Å². The number of thiophene rings is 1. The van der Waals surface area contributed by atoms with Crippen LogP contribution in [0, 0.1) is 0 Å². The first-order valence-electron chi connectivity index (χ1n) is 19.5. The van der Waals surface area contributed by atoms with Gasteiger partial charge in [-0.15, -0.1) is 11.3 Å². The summed E-state index contributed by atoms with van der Waals surface area (Å²) in [7, 11) is 0. The average Bonchev–Trinajstić information content (AvgIpc) is 3.95. The number of hydrogen-bond acceptors (Lipinski definition) is 2. The van der Waals surface area contributed by atoms with Gasteiger partial charge in [0.05, 0.1) is 22.2 Å². The normalized spacial score (nSPS) is 11.9. The van der Waals surface area contributed by atoms with Crippen molar-refractivity contribution in [1.29, 1.82) is 0 Å². The van der Waals surface area contributed by atoms with Crippen LogP contribution in [0.1, 0.15) is 0 Å². The maximum atomic E-state index is 2.47. The van der Waals surface area contributed by atoms with Crippen molar-refractivity contribution in [2.24, 2.45) is 0 Å². The lowest BCUT2D eigenvalue weighted by Gasteiger charge is -2.27. The first kappa shape index (κ1) is 32.1. The Hall–Kier alpha value is -7.20. The van der Waals surface area contributed by atoms with E-state index in [1.807, 2.05) is 11.3 Å². The summed E-state index contributed by atoms with van der Waals surface area (Å²) in [6.07, 6.45) is 0. The molecule has 0 amide bonds. The summed E-state index contributed by atoms with van der Waals surface area (Å²) in [5.41, 5.74) is 14.5. The fourth-order valence-electron chi connectivity index (χ4n) is 9.17. The van der Waals surface area contributed by atoms with Gasteiger partial charge >= 0.3 is 0 Å². The minimum Gasteiger partial charge on any atom is -0.310 e. The van der Waals surface area contributed by atoms with Gasteiger partial charge in [0, 0.05) is 53.1 Å². The molecule has 57 heavy (non-hydrogen) atoms. The molecule has 0 saturated carbocycles. The van der Waals surface area contributed by atoms with E-state index in [0.717, 1.165) is 17.1 Å². The summed E-state index contributed by atoms with van der Waals surface area (Å²) >= 11 is 1.88. The Morgan fingerprint density at radius 2 is 0.930 bits per heavy atom. The number of hydrogen-bond donors (Lipinski definition) is 0. The summed E-state index contributed by atoms with van der Waals surface area (Å²) in [6.45, 7) is 0. The van der Waals surface area contributed by atoms with Gasteiger partial charge in [-0.2, -0.15) is 0 Å². The number of nitrogens with zero attached hydrogens (tertiary/aromatic N) is 2. The van der Waals surface area contributed by atoms with Crippen LogP contribution < -0.4 is 4.90 Å². The van der Waals surface area contributed by atoms with Gasteiger partial charge in [0.15, 0.2) is 0 Å². The molecule has 2 nitrogen and oxygen atoms in total. The summed E-state index contributed by atoms with van der Waals surface area (Å²) in [5, 5.41) is 7.73. The molecule has 0 unspecified atom stereocenters. The highest BCUT2D eigenvalue weighted by Gasteiger charge is 2.23. The molecule has 3 aromatic heterocycles. The molecule has 3 heterocycles. The van der Waals surface area contributed by atoms with Gasteiger partial charge in [-0.05, 0) is 88.0 Å². The molecule has 3 heteroatoms. The maximum Gasteiger partial charge on any atom is 0.0621 e. The van der Waals surface area contributed by atoms with Crippen molar-refractivity contribution in [3.05, 3.63) is 206 Å². The molecule has 12 aromatic rings. The van der Waals surface area contributed by atoms with Gasteiger partial charge < -0.3 is 9.30 Å². The van der Waals surface area contributed by atoms with Crippen molar-refractivity contribution in [2.75, 3.05) is 4.90 Å². The van der Waals surface area contributed by atoms with E-state index < -0.39 is 0 Å². The zero-order valence-corrected chi connectivity index (χ0v) is 31.7. The Balaban J connectivity index is 1.03. The zero-order valence-electron chi connectivity index (χ0n) is 30.9. The van der Waals surface area contributed by atoms with Crippen LogP contribution in [0.2, 0.25) is 0 Å². The number of fused-ring (bicyclic) bond motifs is 9. The molecular weight excluding hydrogens is 709 g/mol. The Labute approximate surface area is 334 Å². The lowest BCUT2D eigenvalue weighted by molar-refractivity contribution is 1.29. The molecule has 9 aromatic carbocycles. The largest absolute Gasteiger partial charge is 0.310 e. The third-order valence-corrected chi connectivity index (χ3v) is 12.9. The van der Waals surface area contributed by atoms with Gasteiger partial charge in [0.25, 0.3) is 0 Å². The van der Waals surface area contributed by atoms with Crippen LogP contribution in [0.4, 0.5) is 17.1 Å². The van der Waals surface area contributed by atoms with E-state index in [0.29, 0.717) is 0 Å². The summed E-state index contributed by atoms with van der Waals surface area (Å²) in [6, 6.07) is 75.5. The van der Waals surface area contributed by atoms with Crippen molar-refractivity contribution in [3.63, 3.8) is 0 Å². The summed E-state index contributed by atoms with van der Waals surface area (Å²) in [5.74, 6) is 0. The van der Waals surface area contributed by atoms with Crippen LogP contribution in [0.5, 0.6) is 0 Å². The van der Waals surface area contributed by atoms with Crippen LogP contribution in [0.15, 0.2) is 206 Å². The SMILES string of the molecule is c1ccc(-c2ccc(N(c3ccc(-c4cccc5sc6cc(-c7ccccc7)ccc6c45)cc3)c3cccc4c3c3cccc5c6ccccc6n4c53)cc2)cc1. The predicted molar refractivity (Wildman–Crippen MR) is 245 cm³/mol. The van der Waals surface area contributed by atoms with Crippen molar-refractivity contribution in [2.45, 2.75) is 0 Å². The van der Waals surface area contributed by atoms with E-state index in [1.54, 1.807) is 0 Å². The minimum absolute atomic E-state index is 1.11. The molecule has 0 spiro atoms. The van der Waals surface area contributed by atoms with Crippen molar-refractivity contribution in [3.8, 4) is 33.4 Å². The predicted octanol–water partition coefficient (Wildman–Crippen LogP) is 15.7. The van der Waals surface area contributed by atoms with E-state index in [-0.39, 0.29) is 0 Å². The smallest absolute Gasteiger partial charge is 0.0621 e. The van der Waals surface area contributed by atoms with E-state index in [4.69, 9.17) is 0 Å². The maximum absolute atomic E-state index is 2.47. The molecule has 266 valence electrons. The highest BCUT2D eigenvalue weighted by Crippen LogP contribution is 2.47. The van der Waals surface area contributed by atoms with Gasteiger partial charge in [-0.25, -0.2) is 0 Å². The highest BCUT2D eigenvalue weighted by molar-refractivity contribution is 7.26. The van der Waals surface area contributed by atoms with Crippen LogP contribution >= 0.6 is 11.3 Å². The fraction of sp³-hybridized carbons (Fsp3) is 0. The summed E-state index contributed by atoms with van der Waals surface area (Å²) < 4.78 is 5.09. The first-order chi connectivity index (χ1) is 28.3. The molecule has 12 rings (SSSR count). The Bertz CT molecular complexity index is 3430. The second kappa shape index (κ2) is 12.7. The lowest BCUT2D eigenvalue weighted by Crippen LogP contribution is -2.10. The van der Waals surface area contributed by atoms with Gasteiger partial charge in [-0.3, -0.25) is 0 Å². The molecule has 0 N–H and O–H groups in total. The van der Waals surface area contributed by atoms with Crippen molar-refractivity contribution < 1.29 is 0 Å². The molecule has 0 radical (unpaired) electrons. The third-order valence-electron chi connectivity index (χ3n) is 11.7. The quantitative estimate of drug-likeness (QED) is 0.165. The average molecular weight is 743 g/mol. The number of aromatic nitrogens is 1. The van der Waals surface area contributed by atoms with Crippen molar-refractivity contribution >= 4 is 86.7 Å². The van der Waals surface area contributed by atoms with Gasteiger partial charge in [0.2, 0.25) is 0 Å². The van der Waals surface area contributed by atoms with E-state index in [9.17, 15) is 0 Å².